The molecule has 2 rings (SSSR count). The second-order valence-corrected chi connectivity index (χ2v) is 4.38. The molecule has 2 aromatic rings. The van der Waals surface area contributed by atoms with E-state index in [1.807, 2.05) is 6.92 Å². The number of hydrogen-bond acceptors (Lipinski definition) is 3. The number of pyridine rings is 1. The van der Waals surface area contributed by atoms with Crippen molar-refractivity contribution in [2.75, 3.05) is 12.4 Å². The van der Waals surface area contributed by atoms with Gasteiger partial charge >= 0.3 is 0 Å². The largest absolute Gasteiger partial charge is 0.497 e. The zero-order valence-corrected chi connectivity index (χ0v) is 11.4. The maximum atomic E-state index is 12.1. The SMILES string of the molecule is COc1cccc(C(=O)Nc2cnc(Cl)c(C)c2)c1. The van der Waals surface area contributed by atoms with Crippen LogP contribution in [0, 0.1) is 6.92 Å². The first-order valence-electron chi connectivity index (χ1n) is 5.67. The number of amides is 1. The summed E-state index contributed by atoms with van der Waals surface area (Å²) in [5.41, 5.74) is 1.94. The molecule has 0 radical (unpaired) electrons. The van der Waals surface area contributed by atoms with E-state index in [0.29, 0.717) is 22.2 Å². The number of ether oxygens (including phenoxy) is 1. The fraction of sp³-hybridized carbons (Fsp3) is 0.143. The number of hydrogen-bond donors (Lipinski definition) is 1. The number of rotatable bonds is 3. The van der Waals surface area contributed by atoms with Crippen molar-refractivity contribution in [3.63, 3.8) is 0 Å². The molecule has 0 aliphatic rings. The van der Waals surface area contributed by atoms with Crippen molar-refractivity contribution in [2.24, 2.45) is 0 Å². The number of nitrogens with zero attached hydrogens (tertiary/aromatic N) is 1. The van der Waals surface area contributed by atoms with E-state index >= 15 is 0 Å². The van der Waals surface area contributed by atoms with E-state index in [1.54, 1.807) is 37.4 Å². The Labute approximate surface area is 116 Å². The summed E-state index contributed by atoms with van der Waals surface area (Å²) >= 11 is 5.83. The average Bonchev–Trinajstić information content (AvgIpc) is 2.43. The molecule has 19 heavy (non-hydrogen) atoms. The Bertz CT molecular complexity index is 614. The van der Waals surface area contributed by atoms with Crippen LogP contribution in [-0.2, 0) is 0 Å². The highest BCUT2D eigenvalue weighted by Crippen LogP contribution is 2.18. The van der Waals surface area contributed by atoms with E-state index in [1.165, 1.54) is 6.20 Å². The number of halogens is 1. The van der Waals surface area contributed by atoms with E-state index in [2.05, 4.69) is 10.3 Å². The second kappa shape index (κ2) is 5.71. The number of methoxy groups -OCH3 is 1. The van der Waals surface area contributed by atoms with Gasteiger partial charge in [-0.1, -0.05) is 17.7 Å². The van der Waals surface area contributed by atoms with Crippen molar-refractivity contribution < 1.29 is 9.53 Å². The molecule has 0 bridgehead atoms. The number of carbonyl (C=O) groups is 1. The molecule has 5 heteroatoms. The van der Waals surface area contributed by atoms with Crippen molar-refractivity contribution in [3.8, 4) is 5.75 Å². The number of benzene rings is 1. The van der Waals surface area contributed by atoms with Gasteiger partial charge in [0.2, 0.25) is 0 Å². The van der Waals surface area contributed by atoms with Gasteiger partial charge in [-0.2, -0.15) is 0 Å². The summed E-state index contributed by atoms with van der Waals surface area (Å²) in [6, 6.07) is 8.71. The zero-order valence-electron chi connectivity index (χ0n) is 10.6. The first-order chi connectivity index (χ1) is 9.10. The van der Waals surface area contributed by atoms with E-state index in [-0.39, 0.29) is 5.91 Å². The van der Waals surface area contributed by atoms with Gasteiger partial charge in [-0.05, 0) is 36.8 Å². The van der Waals surface area contributed by atoms with Crippen molar-refractivity contribution in [1.29, 1.82) is 0 Å². The van der Waals surface area contributed by atoms with Gasteiger partial charge in [0, 0.05) is 5.56 Å². The fourth-order valence-corrected chi connectivity index (χ4v) is 1.70. The molecular weight excluding hydrogens is 264 g/mol. The molecule has 1 aromatic carbocycles. The first kappa shape index (κ1) is 13.4. The molecule has 0 atom stereocenters. The summed E-state index contributed by atoms with van der Waals surface area (Å²) in [7, 11) is 1.56. The molecule has 0 saturated carbocycles. The number of anilines is 1. The number of aromatic nitrogens is 1. The summed E-state index contributed by atoms with van der Waals surface area (Å²) < 4.78 is 5.08. The van der Waals surface area contributed by atoms with Crippen LogP contribution in [-0.4, -0.2) is 18.0 Å². The van der Waals surface area contributed by atoms with Crippen molar-refractivity contribution in [3.05, 3.63) is 52.8 Å². The van der Waals surface area contributed by atoms with Crippen LogP contribution in [0.15, 0.2) is 36.5 Å². The minimum Gasteiger partial charge on any atom is -0.497 e. The van der Waals surface area contributed by atoms with Crippen LogP contribution < -0.4 is 10.1 Å². The molecular formula is C14H13ClN2O2. The summed E-state index contributed by atoms with van der Waals surface area (Å²) in [4.78, 5) is 16.0. The Hall–Kier alpha value is -2.07. The summed E-state index contributed by atoms with van der Waals surface area (Å²) in [5, 5.41) is 3.19. The smallest absolute Gasteiger partial charge is 0.255 e. The minimum atomic E-state index is -0.220. The average molecular weight is 277 g/mol. The molecule has 4 nitrogen and oxygen atoms in total. The molecule has 1 amide bonds. The Morgan fingerprint density at radius 1 is 1.37 bits per heavy atom. The molecule has 1 aromatic heterocycles. The van der Waals surface area contributed by atoms with E-state index in [0.717, 1.165) is 5.56 Å². The molecule has 98 valence electrons. The maximum absolute atomic E-state index is 12.1. The zero-order chi connectivity index (χ0) is 13.8. The van der Waals surface area contributed by atoms with Crippen LogP contribution in [0.25, 0.3) is 0 Å². The Kier molecular flexibility index (Phi) is 4.02. The highest BCUT2D eigenvalue weighted by Gasteiger charge is 2.08. The van der Waals surface area contributed by atoms with Crippen LogP contribution in [0.3, 0.4) is 0 Å². The Morgan fingerprint density at radius 3 is 2.84 bits per heavy atom. The Morgan fingerprint density at radius 2 is 2.16 bits per heavy atom. The highest BCUT2D eigenvalue weighted by atomic mass is 35.5. The van der Waals surface area contributed by atoms with Gasteiger partial charge in [0.15, 0.2) is 0 Å². The van der Waals surface area contributed by atoms with Gasteiger partial charge in [-0.15, -0.1) is 0 Å². The van der Waals surface area contributed by atoms with Crippen molar-refractivity contribution in [1.82, 2.24) is 4.98 Å². The van der Waals surface area contributed by atoms with Crippen LogP contribution in [0.1, 0.15) is 15.9 Å². The quantitative estimate of drug-likeness (QED) is 0.875. The van der Waals surface area contributed by atoms with Crippen LogP contribution in [0.4, 0.5) is 5.69 Å². The predicted molar refractivity (Wildman–Crippen MR) is 74.9 cm³/mol. The third-order valence-corrected chi connectivity index (χ3v) is 3.00. The lowest BCUT2D eigenvalue weighted by molar-refractivity contribution is 0.102. The van der Waals surface area contributed by atoms with Gasteiger partial charge < -0.3 is 10.1 Å². The molecule has 0 aliphatic carbocycles. The van der Waals surface area contributed by atoms with Gasteiger partial charge in [0.1, 0.15) is 10.9 Å². The topological polar surface area (TPSA) is 51.2 Å². The molecule has 0 saturated heterocycles. The van der Waals surface area contributed by atoms with Gasteiger partial charge in [-0.25, -0.2) is 4.98 Å². The molecule has 1 N–H and O–H groups in total. The fourth-order valence-electron chi connectivity index (χ4n) is 1.59. The predicted octanol–water partition coefficient (Wildman–Crippen LogP) is 3.30. The molecule has 0 spiro atoms. The van der Waals surface area contributed by atoms with E-state index in [4.69, 9.17) is 16.3 Å². The lowest BCUT2D eigenvalue weighted by Gasteiger charge is -2.07. The van der Waals surface area contributed by atoms with E-state index < -0.39 is 0 Å². The number of aryl methyl sites for hydroxylation is 1. The van der Waals surface area contributed by atoms with Gasteiger partial charge in [0.05, 0.1) is 19.0 Å². The summed E-state index contributed by atoms with van der Waals surface area (Å²) in [5.74, 6) is 0.417. The second-order valence-electron chi connectivity index (χ2n) is 4.02. The monoisotopic (exact) mass is 276 g/mol. The van der Waals surface area contributed by atoms with Crippen molar-refractivity contribution >= 4 is 23.2 Å². The number of nitrogens with one attached hydrogen (secondary N) is 1. The maximum Gasteiger partial charge on any atom is 0.255 e. The minimum absolute atomic E-state index is 0.220. The van der Waals surface area contributed by atoms with Gasteiger partial charge in [0.25, 0.3) is 5.91 Å². The molecule has 0 aliphatic heterocycles. The molecule has 0 fully saturated rings. The van der Waals surface area contributed by atoms with Crippen LogP contribution >= 0.6 is 11.6 Å². The molecule has 0 unspecified atom stereocenters. The third kappa shape index (κ3) is 3.23. The van der Waals surface area contributed by atoms with Crippen molar-refractivity contribution in [2.45, 2.75) is 6.92 Å². The molecule has 1 heterocycles. The third-order valence-electron chi connectivity index (χ3n) is 2.60. The van der Waals surface area contributed by atoms with Crippen LogP contribution in [0.5, 0.6) is 5.75 Å². The lowest BCUT2D eigenvalue weighted by Crippen LogP contribution is -2.12. The Balaban J connectivity index is 2.18. The lowest BCUT2D eigenvalue weighted by atomic mass is 10.2. The number of carbonyl (C=O) groups excluding carboxylic acids is 1. The van der Waals surface area contributed by atoms with Crippen LogP contribution in [0.2, 0.25) is 5.15 Å². The van der Waals surface area contributed by atoms with E-state index in [9.17, 15) is 4.79 Å². The van der Waals surface area contributed by atoms with Gasteiger partial charge in [-0.3, -0.25) is 4.79 Å². The summed E-state index contributed by atoms with van der Waals surface area (Å²) in [6.07, 6.45) is 1.52. The summed E-state index contributed by atoms with van der Waals surface area (Å²) in [6.45, 7) is 1.83. The normalized spacial score (nSPS) is 10.1. The standard InChI is InChI=1S/C14H13ClN2O2/c1-9-6-11(8-16-13(9)15)17-14(18)10-4-3-5-12(7-10)19-2/h3-8H,1-2H3,(H,17,18). The highest BCUT2D eigenvalue weighted by molar-refractivity contribution is 6.30. The first-order valence-corrected chi connectivity index (χ1v) is 6.05.